The van der Waals surface area contributed by atoms with E-state index in [2.05, 4.69) is 0 Å². The maximum atomic E-state index is 12.8. The Kier molecular flexibility index (Phi) is 4.39. The van der Waals surface area contributed by atoms with E-state index in [0.29, 0.717) is 0 Å². The summed E-state index contributed by atoms with van der Waals surface area (Å²) in [5.41, 5.74) is 6.37. The van der Waals surface area contributed by atoms with Crippen molar-refractivity contribution in [2.75, 3.05) is 0 Å². The standard InChI is InChI=1S/C9H9FN2.ClH/c1-6(12)7-2-3-9(10)8(4-7)5-11;/h2-4,6H,12H2,1H3;1H. The summed E-state index contributed by atoms with van der Waals surface area (Å²) in [5.74, 6) is -0.498. The molecule has 0 bridgehead atoms. The molecule has 1 atom stereocenters. The van der Waals surface area contributed by atoms with Crippen LogP contribution < -0.4 is 5.73 Å². The van der Waals surface area contributed by atoms with Gasteiger partial charge in [0.1, 0.15) is 11.9 Å². The number of benzene rings is 1. The normalized spacial score (nSPS) is 11.2. The predicted octanol–water partition coefficient (Wildman–Crippen LogP) is 2.14. The Morgan fingerprint density at radius 1 is 1.54 bits per heavy atom. The van der Waals surface area contributed by atoms with Crippen LogP contribution in [0.25, 0.3) is 0 Å². The van der Waals surface area contributed by atoms with Gasteiger partial charge in [0.15, 0.2) is 0 Å². The molecule has 0 saturated carbocycles. The highest BCUT2D eigenvalue weighted by atomic mass is 35.5. The number of nitriles is 1. The molecule has 0 aliphatic heterocycles. The third-order valence-corrected chi connectivity index (χ3v) is 1.64. The largest absolute Gasteiger partial charge is 0.324 e. The zero-order chi connectivity index (χ0) is 9.14. The zero-order valence-corrected chi connectivity index (χ0v) is 7.94. The first-order valence-electron chi connectivity index (χ1n) is 3.60. The van der Waals surface area contributed by atoms with Gasteiger partial charge >= 0.3 is 0 Å². The summed E-state index contributed by atoms with van der Waals surface area (Å²) in [5, 5.41) is 8.49. The molecule has 0 aromatic heterocycles. The van der Waals surface area contributed by atoms with Gasteiger partial charge in [-0.05, 0) is 24.6 Å². The summed E-state index contributed by atoms with van der Waals surface area (Å²) >= 11 is 0. The maximum absolute atomic E-state index is 12.8. The van der Waals surface area contributed by atoms with E-state index in [1.165, 1.54) is 12.1 Å². The van der Waals surface area contributed by atoms with Crippen LogP contribution in [0.2, 0.25) is 0 Å². The summed E-state index contributed by atoms with van der Waals surface area (Å²) < 4.78 is 12.8. The van der Waals surface area contributed by atoms with E-state index in [0.717, 1.165) is 5.56 Å². The van der Waals surface area contributed by atoms with Gasteiger partial charge in [-0.15, -0.1) is 12.4 Å². The van der Waals surface area contributed by atoms with Crippen LogP contribution in [-0.2, 0) is 0 Å². The second kappa shape index (κ2) is 4.80. The molecule has 0 spiro atoms. The number of hydrogen-bond acceptors (Lipinski definition) is 2. The molecule has 1 unspecified atom stereocenters. The van der Waals surface area contributed by atoms with E-state index < -0.39 is 5.82 Å². The first-order valence-corrected chi connectivity index (χ1v) is 3.60. The summed E-state index contributed by atoms with van der Waals surface area (Å²) in [6.07, 6.45) is 0. The third-order valence-electron chi connectivity index (χ3n) is 1.64. The number of rotatable bonds is 1. The minimum absolute atomic E-state index is 0. The summed E-state index contributed by atoms with van der Waals surface area (Å²) in [6.45, 7) is 1.79. The van der Waals surface area contributed by atoms with E-state index in [1.54, 1.807) is 19.1 Å². The summed E-state index contributed by atoms with van der Waals surface area (Å²) in [4.78, 5) is 0. The Bertz CT molecular complexity index is 331. The van der Waals surface area contributed by atoms with E-state index >= 15 is 0 Å². The fourth-order valence-electron chi connectivity index (χ4n) is 0.912. The monoisotopic (exact) mass is 200 g/mol. The van der Waals surface area contributed by atoms with Gasteiger partial charge in [0.25, 0.3) is 0 Å². The number of halogens is 2. The van der Waals surface area contributed by atoms with Crippen LogP contribution in [0, 0.1) is 17.1 Å². The van der Waals surface area contributed by atoms with E-state index in [1.807, 2.05) is 0 Å². The van der Waals surface area contributed by atoms with Crippen LogP contribution in [0.4, 0.5) is 4.39 Å². The van der Waals surface area contributed by atoms with E-state index in [4.69, 9.17) is 11.0 Å². The Balaban J connectivity index is 0.00000144. The van der Waals surface area contributed by atoms with Gasteiger partial charge in [0.05, 0.1) is 5.56 Å². The lowest BCUT2D eigenvalue weighted by molar-refractivity contribution is 0.622. The van der Waals surface area contributed by atoms with E-state index in [-0.39, 0.29) is 24.0 Å². The molecule has 0 radical (unpaired) electrons. The van der Waals surface area contributed by atoms with Crippen LogP contribution in [0.15, 0.2) is 18.2 Å². The van der Waals surface area contributed by atoms with Gasteiger partial charge in [0.2, 0.25) is 0 Å². The van der Waals surface area contributed by atoms with Crippen molar-refractivity contribution < 1.29 is 4.39 Å². The van der Waals surface area contributed by atoms with Crippen molar-refractivity contribution in [2.24, 2.45) is 5.73 Å². The molecular weight excluding hydrogens is 191 g/mol. The quantitative estimate of drug-likeness (QED) is 0.755. The van der Waals surface area contributed by atoms with Gasteiger partial charge < -0.3 is 5.73 Å². The van der Waals surface area contributed by atoms with E-state index in [9.17, 15) is 4.39 Å². The molecular formula is C9H10ClFN2. The second-order valence-corrected chi connectivity index (χ2v) is 2.64. The molecule has 2 nitrogen and oxygen atoms in total. The molecule has 1 aromatic carbocycles. The fraction of sp³-hybridized carbons (Fsp3) is 0.222. The minimum atomic E-state index is -0.498. The van der Waals surface area contributed by atoms with Gasteiger partial charge in [0, 0.05) is 6.04 Å². The molecule has 4 heteroatoms. The van der Waals surface area contributed by atoms with Crippen LogP contribution in [0.1, 0.15) is 24.1 Å². The van der Waals surface area contributed by atoms with Crippen molar-refractivity contribution in [3.8, 4) is 6.07 Å². The van der Waals surface area contributed by atoms with Crippen LogP contribution in [0.5, 0.6) is 0 Å². The SMILES string of the molecule is CC(N)c1ccc(F)c(C#N)c1.Cl. The highest BCUT2D eigenvalue weighted by Crippen LogP contribution is 2.14. The van der Waals surface area contributed by atoms with Crippen molar-refractivity contribution in [1.29, 1.82) is 5.26 Å². The smallest absolute Gasteiger partial charge is 0.140 e. The maximum Gasteiger partial charge on any atom is 0.140 e. The molecule has 13 heavy (non-hydrogen) atoms. The first-order chi connectivity index (χ1) is 5.65. The van der Waals surface area contributed by atoms with Crippen molar-refractivity contribution in [1.82, 2.24) is 0 Å². The van der Waals surface area contributed by atoms with Crippen molar-refractivity contribution in [3.05, 3.63) is 35.1 Å². The molecule has 1 rings (SSSR count). The number of nitrogens with zero attached hydrogens (tertiary/aromatic N) is 1. The highest BCUT2D eigenvalue weighted by Gasteiger charge is 2.04. The average molecular weight is 201 g/mol. The Morgan fingerprint density at radius 2 is 2.15 bits per heavy atom. The van der Waals surface area contributed by atoms with Crippen LogP contribution >= 0.6 is 12.4 Å². The lowest BCUT2D eigenvalue weighted by atomic mass is 10.1. The summed E-state index contributed by atoms with van der Waals surface area (Å²) in [7, 11) is 0. The molecule has 0 heterocycles. The Morgan fingerprint density at radius 3 is 2.62 bits per heavy atom. The van der Waals surface area contributed by atoms with Crippen molar-refractivity contribution in [2.45, 2.75) is 13.0 Å². The van der Waals surface area contributed by atoms with Crippen LogP contribution in [-0.4, -0.2) is 0 Å². The van der Waals surface area contributed by atoms with Crippen molar-refractivity contribution in [3.63, 3.8) is 0 Å². The predicted molar refractivity (Wildman–Crippen MR) is 51.0 cm³/mol. The average Bonchev–Trinajstić information content (AvgIpc) is 2.05. The number of nitrogens with two attached hydrogens (primary N) is 1. The fourth-order valence-corrected chi connectivity index (χ4v) is 0.912. The highest BCUT2D eigenvalue weighted by molar-refractivity contribution is 5.85. The minimum Gasteiger partial charge on any atom is -0.324 e. The van der Waals surface area contributed by atoms with Gasteiger partial charge in [-0.3, -0.25) is 0 Å². The number of hydrogen-bond donors (Lipinski definition) is 1. The molecule has 0 amide bonds. The first kappa shape index (κ1) is 11.9. The molecule has 1 aromatic rings. The van der Waals surface area contributed by atoms with Crippen LogP contribution in [0.3, 0.4) is 0 Å². The molecule has 0 aliphatic carbocycles. The molecule has 0 aliphatic rings. The second-order valence-electron chi connectivity index (χ2n) is 2.64. The lowest BCUT2D eigenvalue weighted by Gasteiger charge is -2.04. The molecule has 0 saturated heterocycles. The molecule has 0 fully saturated rings. The molecule has 2 N–H and O–H groups in total. The van der Waals surface area contributed by atoms with Gasteiger partial charge in [-0.1, -0.05) is 6.07 Å². The topological polar surface area (TPSA) is 49.8 Å². The van der Waals surface area contributed by atoms with Gasteiger partial charge in [-0.2, -0.15) is 5.26 Å². The Hall–Kier alpha value is -1.11. The summed E-state index contributed by atoms with van der Waals surface area (Å²) in [6, 6.07) is 5.91. The third kappa shape index (κ3) is 2.69. The van der Waals surface area contributed by atoms with Crippen molar-refractivity contribution >= 4 is 12.4 Å². The zero-order valence-electron chi connectivity index (χ0n) is 7.12. The Labute approximate surface area is 82.6 Å². The van der Waals surface area contributed by atoms with Gasteiger partial charge in [-0.25, -0.2) is 4.39 Å². The molecule has 70 valence electrons. The lowest BCUT2D eigenvalue weighted by Crippen LogP contribution is -2.05.